The molecule has 1 saturated heterocycles. The van der Waals surface area contributed by atoms with Gasteiger partial charge in [-0.1, -0.05) is 6.92 Å². The highest BCUT2D eigenvalue weighted by atomic mass is 32.2. The van der Waals surface area contributed by atoms with Crippen molar-refractivity contribution in [3.8, 4) is 0 Å². The van der Waals surface area contributed by atoms with E-state index in [0.29, 0.717) is 13.1 Å². The number of hydrogen-bond acceptors (Lipinski definition) is 3. The van der Waals surface area contributed by atoms with Crippen molar-refractivity contribution < 1.29 is 18.3 Å². The first-order valence-corrected chi connectivity index (χ1v) is 6.78. The quantitative estimate of drug-likeness (QED) is 0.728. The van der Waals surface area contributed by atoms with Gasteiger partial charge in [0.25, 0.3) is 10.2 Å². The Balaban J connectivity index is 2.82. The molecule has 0 aliphatic carbocycles. The van der Waals surface area contributed by atoms with Gasteiger partial charge in [0, 0.05) is 13.1 Å². The molecule has 94 valence electrons. The second-order valence-corrected chi connectivity index (χ2v) is 5.87. The summed E-state index contributed by atoms with van der Waals surface area (Å²) >= 11 is 0. The zero-order valence-corrected chi connectivity index (χ0v) is 10.4. The van der Waals surface area contributed by atoms with Crippen LogP contribution in [0.4, 0.5) is 0 Å². The minimum Gasteiger partial charge on any atom is -0.480 e. The molecule has 0 saturated carbocycles. The van der Waals surface area contributed by atoms with Gasteiger partial charge in [-0.05, 0) is 26.2 Å². The van der Waals surface area contributed by atoms with Gasteiger partial charge in [-0.15, -0.1) is 0 Å². The van der Waals surface area contributed by atoms with Crippen LogP contribution in [0.5, 0.6) is 0 Å². The van der Waals surface area contributed by atoms with Crippen LogP contribution in [0.1, 0.15) is 33.1 Å². The summed E-state index contributed by atoms with van der Waals surface area (Å²) in [6.45, 7) is 3.95. The van der Waals surface area contributed by atoms with E-state index in [2.05, 4.69) is 4.72 Å². The first-order valence-electron chi connectivity index (χ1n) is 5.34. The van der Waals surface area contributed by atoms with Crippen LogP contribution in [-0.2, 0) is 15.0 Å². The molecule has 0 bridgehead atoms. The number of carboxylic acid groups (broad SMARTS) is 1. The van der Waals surface area contributed by atoms with Crippen LogP contribution in [0.2, 0.25) is 0 Å². The number of carbonyl (C=O) groups is 1. The molecule has 0 amide bonds. The van der Waals surface area contributed by atoms with Gasteiger partial charge in [-0.2, -0.15) is 17.4 Å². The van der Waals surface area contributed by atoms with Gasteiger partial charge in [0.15, 0.2) is 0 Å². The highest BCUT2D eigenvalue weighted by Crippen LogP contribution is 2.16. The molecule has 16 heavy (non-hydrogen) atoms. The maximum absolute atomic E-state index is 11.9. The molecule has 0 aromatic rings. The molecule has 0 aromatic heterocycles. The number of aliphatic carboxylic acids is 1. The van der Waals surface area contributed by atoms with Crippen molar-refractivity contribution in [2.24, 2.45) is 0 Å². The van der Waals surface area contributed by atoms with E-state index in [1.165, 1.54) is 11.2 Å². The van der Waals surface area contributed by atoms with Crippen molar-refractivity contribution in [2.75, 3.05) is 13.1 Å². The van der Waals surface area contributed by atoms with Crippen LogP contribution < -0.4 is 4.72 Å². The van der Waals surface area contributed by atoms with E-state index < -0.39 is 21.7 Å². The molecule has 1 aliphatic rings. The van der Waals surface area contributed by atoms with Crippen molar-refractivity contribution in [3.63, 3.8) is 0 Å². The largest absolute Gasteiger partial charge is 0.480 e. The van der Waals surface area contributed by atoms with E-state index in [1.54, 1.807) is 6.92 Å². The second-order valence-electron chi connectivity index (χ2n) is 4.20. The van der Waals surface area contributed by atoms with Crippen LogP contribution >= 0.6 is 0 Å². The number of nitrogens with one attached hydrogen (secondary N) is 1. The Morgan fingerprint density at radius 2 is 1.94 bits per heavy atom. The van der Waals surface area contributed by atoms with Gasteiger partial charge in [0.05, 0.1) is 0 Å². The third-order valence-electron chi connectivity index (χ3n) is 2.94. The maximum Gasteiger partial charge on any atom is 0.324 e. The Morgan fingerprint density at radius 3 is 2.31 bits per heavy atom. The zero-order valence-electron chi connectivity index (χ0n) is 9.56. The topological polar surface area (TPSA) is 86.7 Å². The standard InChI is InChI=1S/C9H18N2O4S/c1-3-9(2,8(12)13)10-16(14,15)11-6-4-5-7-11/h10H,3-7H2,1-2H3,(H,12,13). The van der Waals surface area contributed by atoms with Crippen molar-refractivity contribution in [3.05, 3.63) is 0 Å². The van der Waals surface area contributed by atoms with Gasteiger partial charge in [-0.3, -0.25) is 4.79 Å². The van der Waals surface area contributed by atoms with Gasteiger partial charge in [0.2, 0.25) is 0 Å². The van der Waals surface area contributed by atoms with Gasteiger partial charge in [0.1, 0.15) is 5.54 Å². The molecule has 1 heterocycles. The fourth-order valence-electron chi connectivity index (χ4n) is 1.54. The zero-order chi connectivity index (χ0) is 12.4. The Kier molecular flexibility index (Phi) is 3.92. The third-order valence-corrected chi connectivity index (χ3v) is 4.69. The van der Waals surface area contributed by atoms with Crippen LogP contribution in [0.3, 0.4) is 0 Å². The monoisotopic (exact) mass is 250 g/mol. The Bertz CT molecular complexity index is 362. The minimum atomic E-state index is -3.67. The van der Waals surface area contributed by atoms with E-state index >= 15 is 0 Å². The smallest absolute Gasteiger partial charge is 0.324 e. The summed E-state index contributed by atoms with van der Waals surface area (Å²) < 4.78 is 27.3. The lowest BCUT2D eigenvalue weighted by Gasteiger charge is -2.27. The first-order chi connectivity index (χ1) is 7.32. The molecule has 1 fully saturated rings. The molecule has 0 spiro atoms. The average molecular weight is 250 g/mol. The molecule has 1 rings (SSSR count). The molecule has 7 heteroatoms. The maximum atomic E-state index is 11.9. The third kappa shape index (κ3) is 2.72. The fraction of sp³-hybridized carbons (Fsp3) is 0.889. The normalized spacial score (nSPS) is 21.9. The van der Waals surface area contributed by atoms with Crippen LogP contribution in [0.15, 0.2) is 0 Å². The van der Waals surface area contributed by atoms with Crippen molar-refractivity contribution in [1.29, 1.82) is 0 Å². The minimum absolute atomic E-state index is 0.204. The van der Waals surface area contributed by atoms with E-state index in [0.717, 1.165) is 12.8 Å². The Hall–Kier alpha value is -0.660. The molecule has 6 nitrogen and oxygen atoms in total. The highest BCUT2D eigenvalue weighted by molar-refractivity contribution is 7.87. The molecular weight excluding hydrogens is 232 g/mol. The summed E-state index contributed by atoms with van der Waals surface area (Å²) in [5.74, 6) is -1.15. The molecular formula is C9H18N2O4S. The summed E-state index contributed by atoms with van der Waals surface area (Å²) in [7, 11) is -3.67. The molecule has 1 unspecified atom stereocenters. The molecule has 0 aromatic carbocycles. The van der Waals surface area contributed by atoms with Crippen molar-refractivity contribution in [1.82, 2.24) is 9.03 Å². The lowest BCUT2D eigenvalue weighted by atomic mass is 10.0. The van der Waals surface area contributed by atoms with Crippen molar-refractivity contribution in [2.45, 2.75) is 38.6 Å². The molecule has 1 aliphatic heterocycles. The SMILES string of the molecule is CCC(C)(NS(=O)(=O)N1CCCC1)C(=O)O. The number of rotatable bonds is 5. The van der Waals surface area contributed by atoms with Gasteiger partial charge in [-0.25, -0.2) is 0 Å². The van der Waals surface area contributed by atoms with Crippen LogP contribution in [0.25, 0.3) is 0 Å². The predicted molar refractivity (Wildman–Crippen MR) is 59.2 cm³/mol. The summed E-state index contributed by atoms with van der Waals surface area (Å²) in [4.78, 5) is 11.0. The van der Waals surface area contributed by atoms with E-state index in [1.807, 2.05) is 0 Å². The van der Waals surface area contributed by atoms with Crippen molar-refractivity contribution >= 4 is 16.2 Å². The Labute approximate surface area is 95.8 Å². The first kappa shape index (κ1) is 13.4. The van der Waals surface area contributed by atoms with Gasteiger partial charge >= 0.3 is 5.97 Å². The lowest BCUT2D eigenvalue weighted by molar-refractivity contribution is -0.143. The second kappa shape index (κ2) is 4.68. The summed E-state index contributed by atoms with van der Waals surface area (Å²) in [6.07, 6.45) is 1.86. The fourth-order valence-corrected chi connectivity index (χ4v) is 3.21. The van der Waals surface area contributed by atoms with E-state index in [4.69, 9.17) is 5.11 Å². The van der Waals surface area contributed by atoms with E-state index in [9.17, 15) is 13.2 Å². The summed E-state index contributed by atoms with van der Waals surface area (Å²) in [5.41, 5.74) is -1.43. The number of nitrogens with zero attached hydrogens (tertiary/aromatic N) is 1. The molecule has 1 atom stereocenters. The lowest BCUT2D eigenvalue weighted by Crippen LogP contribution is -2.55. The Morgan fingerprint density at radius 1 is 1.44 bits per heavy atom. The van der Waals surface area contributed by atoms with Gasteiger partial charge < -0.3 is 5.11 Å². The molecule has 0 radical (unpaired) electrons. The number of hydrogen-bond donors (Lipinski definition) is 2. The highest BCUT2D eigenvalue weighted by Gasteiger charge is 2.38. The van der Waals surface area contributed by atoms with Crippen LogP contribution in [0, 0.1) is 0 Å². The van der Waals surface area contributed by atoms with E-state index in [-0.39, 0.29) is 6.42 Å². The molecule has 2 N–H and O–H groups in total. The average Bonchev–Trinajstić information content (AvgIpc) is 2.70. The summed E-state index contributed by atoms with van der Waals surface area (Å²) in [5, 5.41) is 8.99. The number of carboxylic acids is 1. The summed E-state index contributed by atoms with van der Waals surface area (Å²) in [6, 6.07) is 0. The predicted octanol–water partition coefficient (Wildman–Crippen LogP) is 0.170. The van der Waals surface area contributed by atoms with Crippen LogP contribution in [-0.4, -0.2) is 42.4 Å².